The number of halogens is 1. The second-order valence-electron chi connectivity index (χ2n) is 5.28. The molecular weight excluding hydrogens is 330 g/mol. The summed E-state index contributed by atoms with van der Waals surface area (Å²) in [5.41, 5.74) is 2.17. The smallest absolute Gasteiger partial charge is 0.123 e. The van der Waals surface area contributed by atoms with Gasteiger partial charge in [0.15, 0.2) is 0 Å². The molecule has 1 heterocycles. The molecule has 0 spiro atoms. The average molecular weight is 348 g/mol. The van der Waals surface area contributed by atoms with Crippen molar-refractivity contribution < 1.29 is 9.84 Å². The molecule has 3 rings (SSSR count). The van der Waals surface area contributed by atoms with E-state index in [2.05, 4.69) is 27.3 Å². The Kier molecular flexibility index (Phi) is 4.58. The largest absolute Gasteiger partial charge is 0.488 e. The quantitative estimate of drug-likeness (QED) is 0.873. The van der Waals surface area contributed by atoms with E-state index in [-0.39, 0.29) is 6.10 Å². The normalized spacial score (nSPS) is 18.1. The summed E-state index contributed by atoms with van der Waals surface area (Å²) in [6, 6.07) is 15.8. The molecule has 2 unspecified atom stereocenters. The second-order valence-corrected chi connectivity index (χ2v) is 6.20. The summed E-state index contributed by atoms with van der Waals surface area (Å²) in [7, 11) is 0. The van der Waals surface area contributed by atoms with E-state index in [1.54, 1.807) is 0 Å². The molecule has 2 aromatic rings. The van der Waals surface area contributed by atoms with Gasteiger partial charge in [0.2, 0.25) is 0 Å². The number of aliphatic hydroxyl groups is 1. The van der Waals surface area contributed by atoms with E-state index < -0.39 is 6.10 Å². The summed E-state index contributed by atoms with van der Waals surface area (Å²) < 4.78 is 6.97. The van der Waals surface area contributed by atoms with E-state index in [0.29, 0.717) is 6.54 Å². The third kappa shape index (κ3) is 3.64. The first-order valence-electron chi connectivity index (χ1n) is 7.11. The highest BCUT2D eigenvalue weighted by Gasteiger charge is 2.22. The van der Waals surface area contributed by atoms with Crippen molar-refractivity contribution in [3.05, 3.63) is 64.1 Å². The molecule has 1 aliphatic rings. The van der Waals surface area contributed by atoms with Gasteiger partial charge in [-0.05, 0) is 29.3 Å². The van der Waals surface area contributed by atoms with Crippen molar-refractivity contribution in [2.45, 2.75) is 18.6 Å². The molecule has 21 heavy (non-hydrogen) atoms. The highest BCUT2D eigenvalue weighted by atomic mass is 79.9. The highest BCUT2D eigenvalue weighted by Crippen LogP contribution is 2.30. The lowest BCUT2D eigenvalue weighted by Gasteiger charge is -2.15. The van der Waals surface area contributed by atoms with Crippen molar-refractivity contribution in [2.24, 2.45) is 0 Å². The first-order valence-corrected chi connectivity index (χ1v) is 7.90. The molecule has 0 fully saturated rings. The van der Waals surface area contributed by atoms with Crippen LogP contribution >= 0.6 is 15.9 Å². The molecular formula is C17H18BrNO2. The van der Waals surface area contributed by atoms with Gasteiger partial charge < -0.3 is 15.2 Å². The van der Waals surface area contributed by atoms with E-state index in [9.17, 15) is 5.11 Å². The van der Waals surface area contributed by atoms with Crippen molar-refractivity contribution in [3.63, 3.8) is 0 Å². The van der Waals surface area contributed by atoms with Gasteiger partial charge in [-0.3, -0.25) is 0 Å². The summed E-state index contributed by atoms with van der Waals surface area (Å²) in [5.74, 6) is 0.966. The molecule has 2 N–H and O–H groups in total. The third-order valence-electron chi connectivity index (χ3n) is 3.66. The number of benzene rings is 2. The zero-order valence-corrected chi connectivity index (χ0v) is 13.2. The van der Waals surface area contributed by atoms with Crippen LogP contribution in [0.4, 0.5) is 0 Å². The van der Waals surface area contributed by atoms with Gasteiger partial charge in [-0.1, -0.05) is 46.3 Å². The maximum absolute atomic E-state index is 10.1. The van der Waals surface area contributed by atoms with Crippen LogP contribution < -0.4 is 10.1 Å². The fourth-order valence-electron chi connectivity index (χ4n) is 2.58. The number of fused-ring (bicyclic) bond motifs is 1. The lowest BCUT2D eigenvalue weighted by atomic mass is 10.1. The van der Waals surface area contributed by atoms with Crippen LogP contribution in [-0.2, 0) is 6.42 Å². The van der Waals surface area contributed by atoms with Gasteiger partial charge in [-0.25, -0.2) is 0 Å². The predicted molar refractivity (Wildman–Crippen MR) is 86.5 cm³/mol. The van der Waals surface area contributed by atoms with Crippen LogP contribution in [0.5, 0.6) is 5.75 Å². The van der Waals surface area contributed by atoms with Gasteiger partial charge in [-0.15, -0.1) is 0 Å². The van der Waals surface area contributed by atoms with E-state index in [1.807, 2.05) is 42.5 Å². The molecule has 2 atom stereocenters. The molecule has 0 aromatic heterocycles. The number of hydrogen-bond donors (Lipinski definition) is 2. The molecule has 0 bridgehead atoms. The van der Waals surface area contributed by atoms with Crippen molar-refractivity contribution in [2.75, 3.05) is 13.1 Å². The molecule has 110 valence electrons. The van der Waals surface area contributed by atoms with Gasteiger partial charge in [0.1, 0.15) is 11.9 Å². The van der Waals surface area contributed by atoms with Crippen LogP contribution in [0.2, 0.25) is 0 Å². The van der Waals surface area contributed by atoms with E-state index in [4.69, 9.17) is 4.74 Å². The highest BCUT2D eigenvalue weighted by molar-refractivity contribution is 9.10. The maximum atomic E-state index is 10.1. The monoisotopic (exact) mass is 347 g/mol. The maximum Gasteiger partial charge on any atom is 0.123 e. The zero-order valence-electron chi connectivity index (χ0n) is 11.6. The summed E-state index contributed by atoms with van der Waals surface area (Å²) >= 11 is 3.48. The molecule has 1 aliphatic heterocycles. The van der Waals surface area contributed by atoms with E-state index in [0.717, 1.165) is 28.8 Å². The third-order valence-corrected chi connectivity index (χ3v) is 4.15. The van der Waals surface area contributed by atoms with Crippen molar-refractivity contribution >= 4 is 15.9 Å². The lowest BCUT2D eigenvalue weighted by molar-refractivity contribution is 0.163. The van der Waals surface area contributed by atoms with E-state index in [1.165, 1.54) is 5.56 Å². The van der Waals surface area contributed by atoms with Crippen LogP contribution in [0.3, 0.4) is 0 Å². The zero-order chi connectivity index (χ0) is 14.7. The number of ether oxygens (including phenoxy) is 1. The van der Waals surface area contributed by atoms with Crippen LogP contribution in [0.1, 0.15) is 17.2 Å². The molecule has 0 saturated heterocycles. The second kappa shape index (κ2) is 6.60. The molecule has 0 aliphatic carbocycles. The number of aliphatic hydroxyl groups excluding tert-OH is 1. The summed E-state index contributed by atoms with van der Waals surface area (Å²) in [5, 5.41) is 13.4. The van der Waals surface area contributed by atoms with Crippen molar-refractivity contribution in [1.82, 2.24) is 5.32 Å². The van der Waals surface area contributed by atoms with Crippen LogP contribution in [0.15, 0.2) is 53.0 Å². The Labute approximate surface area is 133 Å². The van der Waals surface area contributed by atoms with Crippen LogP contribution in [0, 0.1) is 0 Å². The minimum Gasteiger partial charge on any atom is -0.488 e. The summed E-state index contributed by atoms with van der Waals surface area (Å²) in [6.07, 6.45) is 0.560. The van der Waals surface area contributed by atoms with Gasteiger partial charge in [0.05, 0.1) is 6.10 Å². The first kappa shape index (κ1) is 14.6. The number of rotatable bonds is 5. The van der Waals surface area contributed by atoms with Crippen molar-refractivity contribution in [1.29, 1.82) is 0 Å². The molecule has 4 heteroatoms. The Morgan fingerprint density at radius 1 is 1.24 bits per heavy atom. The minimum atomic E-state index is -0.482. The Hall–Kier alpha value is -1.36. The Bertz CT molecular complexity index is 603. The Morgan fingerprint density at radius 3 is 2.86 bits per heavy atom. The van der Waals surface area contributed by atoms with Gasteiger partial charge in [0.25, 0.3) is 0 Å². The standard InChI is InChI=1S/C17H18BrNO2/c18-14-6-7-17-13(8-14)9-15(21-17)10-19-11-16(20)12-4-2-1-3-5-12/h1-8,15-16,19-20H,9-11H2. The van der Waals surface area contributed by atoms with E-state index >= 15 is 0 Å². The Morgan fingerprint density at radius 2 is 2.05 bits per heavy atom. The van der Waals surface area contributed by atoms with Gasteiger partial charge in [-0.2, -0.15) is 0 Å². The molecule has 2 aromatic carbocycles. The minimum absolute atomic E-state index is 0.136. The van der Waals surface area contributed by atoms with Gasteiger partial charge in [0, 0.05) is 24.0 Å². The van der Waals surface area contributed by atoms with Gasteiger partial charge >= 0.3 is 0 Å². The summed E-state index contributed by atoms with van der Waals surface area (Å²) in [6.45, 7) is 1.26. The first-order chi connectivity index (χ1) is 10.2. The molecule has 0 saturated carbocycles. The fourth-order valence-corrected chi connectivity index (χ4v) is 2.99. The van der Waals surface area contributed by atoms with Crippen LogP contribution in [0.25, 0.3) is 0 Å². The lowest BCUT2D eigenvalue weighted by Crippen LogP contribution is -2.32. The average Bonchev–Trinajstić information content (AvgIpc) is 2.89. The molecule has 0 amide bonds. The summed E-state index contributed by atoms with van der Waals surface area (Å²) in [4.78, 5) is 0. The molecule has 0 radical (unpaired) electrons. The number of hydrogen-bond acceptors (Lipinski definition) is 3. The van der Waals surface area contributed by atoms with Crippen LogP contribution in [-0.4, -0.2) is 24.3 Å². The fraction of sp³-hybridized carbons (Fsp3) is 0.294. The Balaban J connectivity index is 1.47. The predicted octanol–water partition coefficient (Wildman–Crippen LogP) is 3.08. The number of nitrogens with one attached hydrogen (secondary N) is 1. The topological polar surface area (TPSA) is 41.5 Å². The van der Waals surface area contributed by atoms with Crippen molar-refractivity contribution in [3.8, 4) is 5.75 Å². The SMILES string of the molecule is OC(CNCC1Cc2cc(Br)ccc2O1)c1ccccc1. The molecule has 3 nitrogen and oxygen atoms in total.